The molecule has 0 fully saturated rings. The molecule has 1 aromatic rings. The Kier molecular flexibility index (Phi) is 8.04. The van der Waals surface area contributed by atoms with Crippen LogP contribution in [0.4, 0.5) is 0 Å². The van der Waals surface area contributed by atoms with Gasteiger partial charge in [-0.15, -0.1) is 0 Å². The Morgan fingerprint density at radius 2 is 1.86 bits per heavy atom. The van der Waals surface area contributed by atoms with Crippen molar-refractivity contribution in [2.45, 2.75) is 33.2 Å². The molecule has 0 spiro atoms. The normalized spacial score (nSPS) is 11.2. The van der Waals surface area contributed by atoms with Crippen molar-refractivity contribution in [2.75, 3.05) is 27.2 Å². The molecule has 0 aliphatic rings. The molecule has 0 unspecified atom stereocenters. The first-order chi connectivity index (χ1) is 10.6. The summed E-state index contributed by atoms with van der Waals surface area (Å²) in [5.74, 6) is 0.559. The lowest BCUT2D eigenvalue weighted by Gasteiger charge is -2.22. The number of nitrogens with one attached hydrogen (secondary N) is 1. The molecule has 122 valence electrons. The highest BCUT2D eigenvalue weighted by Crippen LogP contribution is 2.07. The second kappa shape index (κ2) is 9.82. The molecule has 0 saturated heterocycles. The van der Waals surface area contributed by atoms with Crippen molar-refractivity contribution in [2.24, 2.45) is 4.99 Å². The zero-order valence-corrected chi connectivity index (χ0v) is 14.1. The van der Waals surface area contributed by atoms with Crippen LogP contribution in [0.5, 0.6) is 0 Å². The number of hydrogen-bond acceptors (Lipinski definition) is 3. The van der Waals surface area contributed by atoms with Gasteiger partial charge in [-0.25, -0.2) is 0 Å². The highest BCUT2D eigenvalue weighted by atomic mass is 16.5. The Morgan fingerprint density at radius 3 is 2.41 bits per heavy atom. The van der Waals surface area contributed by atoms with E-state index in [0.717, 1.165) is 25.5 Å². The zero-order chi connectivity index (χ0) is 16.4. The number of nitrogens with zero attached hydrogens (tertiary/aromatic N) is 2. The van der Waals surface area contributed by atoms with Crippen LogP contribution in [0.15, 0.2) is 29.3 Å². The predicted molar refractivity (Wildman–Crippen MR) is 89.9 cm³/mol. The van der Waals surface area contributed by atoms with Crippen LogP contribution < -0.4 is 5.32 Å². The van der Waals surface area contributed by atoms with E-state index in [2.05, 4.69) is 51.1 Å². The summed E-state index contributed by atoms with van der Waals surface area (Å²) in [6.45, 7) is 6.16. The van der Waals surface area contributed by atoms with E-state index < -0.39 is 0 Å². The first kappa shape index (κ1) is 18.0. The largest absolute Gasteiger partial charge is 0.469 e. The van der Waals surface area contributed by atoms with Crippen molar-refractivity contribution in [3.63, 3.8) is 0 Å². The standard InChI is InChI=1S/C17H27N3O2/c1-5-14-7-9-15(10-8-14)13-20(3)17(18-6-2)19-12-11-16(21)22-4/h7-10H,5-6,11-13H2,1-4H3,(H,18,19). The van der Waals surface area contributed by atoms with Gasteiger partial charge in [-0.05, 0) is 24.5 Å². The zero-order valence-electron chi connectivity index (χ0n) is 14.1. The van der Waals surface area contributed by atoms with Gasteiger partial charge >= 0.3 is 5.97 Å². The maximum atomic E-state index is 11.1. The summed E-state index contributed by atoms with van der Waals surface area (Å²) in [7, 11) is 3.39. The molecule has 5 nitrogen and oxygen atoms in total. The molecule has 0 bridgehead atoms. The van der Waals surface area contributed by atoms with E-state index in [1.165, 1.54) is 18.2 Å². The maximum Gasteiger partial charge on any atom is 0.307 e. The third-order valence-corrected chi connectivity index (χ3v) is 3.35. The minimum atomic E-state index is -0.239. The fraction of sp³-hybridized carbons (Fsp3) is 0.529. The van der Waals surface area contributed by atoms with Crippen LogP contribution in [-0.2, 0) is 22.5 Å². The van der Waals surface area contributed by atoms with Crippen molar-refractivity contribution in [3.05, 3.63) is 35.4 Å². The number of guanidine groups is 1. The van der Waals surface area contributed by atoms with Gasteiger partial charge in [-0.2, -0.15) is 0 Å². The van der Waals surface area contributed by atoms with Crippen LogP contribution in [-0.4, -0.2) is 44.1 Å². The van der Waals surface area contributed by atoms with Gasteiger partial charge in [0.05, 0.1) is 20.1 Å². The van der Waals surface area contributed by atoms with Gasteiger partial charge in [-0.1, -0.05) is 31.2 Å². The van der Waals surface area contributed by atoms with Gasteiger partial charge in [0.25, 0.3) is 0 Å². The van der Waals surface area contributed by atoms with Crippen LogP contribution in [0, 0.1) is 0 Å². The fourth-order valence-electron chi connectivity index (χ4n) is 2.05. The first-order valence-electron chi connectivity index (χ1n) is 7.74. The molecule has 0 aliphatic carbocycles. The number of hydrogen-bond donors (Lipinski definition) is 1. The predicted octanol–water partition coefficient (Wildman–Crippen LogP) is 2.21. The molecular weight excluding hydrogens is 278 g/mol. The molecule has 0 atom stereocenters. The average Bonchev–Trinajstić information content (AvgIpc) is 2.54. The highest BCUT2D eigenvalue weighted by Gasteiger charge is 2.07. The molecule has 0 saturated carbocycles. The summed E-state index contributed by atoms with van der Waals surface area (Å²) in [6, 6.07) is 8.61. The molecule has 1 aromatic carbocycles. The van der Waals surface area contributed by atoms with E-state index in [4.69, 9.17) is 0 Å². The van der Waals surface area contributed by atoms with Gasteiger partial charge in [0, 0.05) is 20.1 Å². The van der Waals surface area contributed by atoms with Crippen LogP contribution in [0.1, 0.15) is 31.4 Å². The first-order valence-corrected chi connectivity index (χ1v) is 7.74. The molecule has 1 N–H and O–H groups in total. The smallest absolute Gasteiger partial charge is 0.307 e. The number of carbonyl (C=O) groups is 1. The van der Waals surface area contributed by atoms with Crippen molar-refractivity contribution < 1.29 is 9.53 Å². The SMILES string of the molecule is CCNC(=NCCC(=O)OC)N(C)Cc1ccc(CC)cc1. The molecule has 0 amide bonds. The molecule has 5 heteroatoms. The van der Waals surface area contributed by atoms with E-state index in [1.807, 2.05) is 14.0 Å². The molecule has 0 radical (unpaired) electrons. The van der Waals surface area contributed by atoms with Gasteiger partial charge < -0.3 is 15.0 Å². The summed E-state index contributed by atoms with van der Waals surface area (Å²) < 4.78 is 4.63. The summed E-state index contributed by atoms with van der Waals surface area (Å²) in [6.07, 6.45) is 1.35. The number of rotatable bonds is 7. The Balaban J connectivity index is 2.64. The maximum absolute atomic E-state index is 11.1. The molecule has 1 rings (SSSR count). The molecule has 22 heavy (non-hydrogen) atoms. The van der Waals surface area contributed by atoms with E-state index >= 15 is 0 Å². The van der Waals surface area contributed by atoms with Crippen molar-refractivity contribution in [3.8, 4) is 0 Å². The molecule has 0 aliphatic heterocycles. The summed E-state index contributed by atoms with van der Waals surface area (Å²) in [5.41, 5.74) is 2.57. The Morgan fingerprint density at radius 1 is 1.23 bits per heavy atom. The number of benzene rings is 1. The van der Waals surface area contributed by atoms with Gasteiger partial charge in [0.2, 0.25) is 0 Å². The Bertz CT molecular complexity index is 483. The third-order valence-electron chi connectivity index (χ3n) is 3.35. The van der Waals surface area contributed by atoms with Gasteiger partial charge in [0.15, 0.2) is 5.96 Å². The third kappa shape index (κ3) is 6.16. The summed E-state index contributed by atoms with van der Waals surface area (Å²) >= 11 is 0. The summed E-state index contributed by atoms with van der Waals surface area (Å²) in [4.78, 5) is 17.7. The quantitative estimate of drug-likeness (QED) is 0.477. The van der Waals surface area contributed by atoms with Crippen LogP contribution >= 0.6 is 0 Å². The van der Waals surface area contributed by atoms with E-state index in [-0.39, 0.29) is 5.97 Å². The lowest BCUT2D eigenvalue weighted by molar-refractivity contribution is -0.140. The van der Waals surface area contributed by atoms with E-state index in [0.29, 0.717) is 13.0 Å². The van der Waals surface area contributed by atoms with Crippen molar-refractivity contribution >= 4 is 11.9 Å². The number of aryl methyl sites for hydroxylation is 1. The number of carbonyl (C=O) groups excluding carboxylic acids is 1. The summed E-state index contributed by atoms with van der Waals surface area (Å²) in [5, 5.41) is 3.24. The number of aliphatic imine (C=N–C) groups is 1. The monoisotopic (exact) mass is 305 g/mol. The second-order valence-electron chi connectivity index (χ2n) is 5.09. The average molecular weight is 305 g/mol. The van der Waals surface area contributed by atoms with E-state index in [9.17, 15) is 4.79 Å². The highest BCUT2D eigenvalue weighted by molar-refractivity contribution is 5.80. The van der Waals surface area contributed by atoms with E-state index in [1.54, 1.807) is 0 Å². The Hall–Kier alpha value is -2.04. The van der Waals surface area contributed by atoms with Gasteiger partial charge in [-0.3, -0.25) is 9.79 Å². The van der Waals surface area contributed by atoms with Crippen molar-refractivity contribution in [1.29, 1.82) is 0 Å². The number of methoxy groups -OCH3 is 1. The minimum Gasteiger partial charge on any atom is -0.469 e. The van der Waals surface area contributed by atoms with Crippen LogP contribution in [0.25, 0.3) is 0 Å². The van der Waals surface area contributed by atoms with Crippen LogP contribution in [0.2, 0.25) is 0 Å². The molecule has 0 heterocycles. The topological polar surface area (TPSA) is 53.9 Å². The Labute approximate surface area is 133 Å². The molecular formula is C17H27N3O2. The van der Waals surface area contributed by atoms with Crippen molar-refractivity contribution in [1.82, 2.24) is 10.2 Å². The molecule has 0 aromatic heterocycles. The minimum absolute atomic E-state index is 0.239. The second-order valence-corrected chi connectivity index (χ2v) is 5.09. The number of ether oxygens (including phenoxy) is 1. The number of esters is 1. The fourth-order valence-corrected chi connectivity index (χ4v) is 2.05. The lowest BCUT2D eigenvalue weighted by atomic mass is 10.1. The lowest BCUT2D eigenvalue weighted by Crippen LogP contribution is -2.38. The van der Waals surface area contributed by atoms with Gasteiger partial charge in [0.1, 0.15) is 0 Å². The van der Waals surface area contributed by atoms with Crippen LogP contribution in [0.3, 0.4) is 0 Å².